The fourth-order valence-corrected chi connectivity index (χ4v) is 4.54. The molecule has 2 heterocycles. The van der Waals surface area contributed by atoms with Crippen molar-refractivity contribution < 1.29 is 14.3 Å². The lowest BCUT2D eigenvalue weighted by Gasteiger charge is -2.28. The van der Waals surface area contributed by atoms with E-state index in [1.165, 1.54) is 6.07 Å². The molecule has 6 nitrogen and oxygen atoms in total. The highest BCUT2D eigenvalue weighted by Gasteiger charge is 2.27. The van der Waals surface area contributed by atoms with Crippen LogP contribution < -0.4 is 5.32 Å². The molecule has 2 aromatic carbocycles. The highest BCUT2D eigenvalue weighted by molar-refractivity contribution is 6.07. The molecule has 0 radical (unpaired) electrons. The maximum Gasteiger partial charge on any atom is 0.253 e. The van der Waals surface area contributed by atoms with E-state index >= 15 is 0 Å². The van der Waals surface area contributed by atoms with Crippen molar-refractivity contribution in [1.29, 1.82) is 0 Å². The fourth-order valence-electron chi connectivity index (χ4n) is 4.54. The van der Waals surface area contributed by atoms with E-state index in [1.54, 1.807) is 30.7 Å². The molecular formula is C26H25FN4O2. The van der Waals surface area contributed by atoms with Crippen LogP contribution in [0.15, 0.2) is 67.1 Å². The van der Waals surface area contributed by atoms with Crippen LogP contribution in [0, 0.1) is 5.82 Å². The summed E-state index contributed by atoms with van der Waals surface area (Å²) in [5.41, 5.74) is 2.86. The summed E-state index contributed by atoms with van der Waals surface area (Å²) in [4.78, 5) is 21.6. The third-order valence-corrected chi connectivity index (χ3v) is 6.28. The smallest absolute Gasteiger partial charge is 0.253 e. The summed E-state index contributed by atoms with van der Waals surface area (Å²) in [6.07, 6.45) is 7.86. The van der Waals surface area contributed by atoms with Gasteiger partial charge in [0.1, 0.15) is 5.82 Å². The monoisotopic (exact) mass is 444 g/mol. The molecule has 7 heteroatoms. The second-order valence-corrected chi connectivity index (χ2v) is 8.51. The van der Waals surface area contributed by atoms with Crippen LogP contribution in [0.25, 0.3) is 22.3 Å². The van der Waals surface area contributed by atoms with E-state index in [4.69, 9.17) is 0 Å². The Morgan fingerprint density at radius 3 is 2.58 bits per heavy atom. The number of aromatic nitrogens is 3. The molecule has 1 aliphatic carbocycles. The Kier molecular flexibility index (Phi) is 5.88. The molecule has 2 aromatic heterocycles. The Labute approximate surface area is 191 Å². The number of nitrogens with zero attached hydrogens (tertiary/aromatic N) is 3. The second kappa shape index (κ2) is 9.11. The van der Waals surface area contributed by atoms with Crippen LogP contribution in [-0.2, 0) is 6.54 Å². The molecule has 0 spiro atoms. The van der Waals surface area contributed by atoms with Gasteiger partial charge in [0.2, 0.25) is 0 Å². The number of fused-ring (bicyclic) bond motifs is 1. The average Bonchev–Trinajstić information content (AvgIpc) is 3.21. The Hall–Kier alpha value is -3.58. The van der Waals surface area contributed by atoms with Crippen LogP contribution >= 0.6 is 0 Å². The first-order valence-electron chi connectivity index (χ1n) is 11.2. The third kappa shape index (κ3) is 4.36. The SMILES string of the molecule is O=C(NC1CCCCC1O)c1cn(Cc2ccc(-c3ncccn3)cc2)c2cccc(F)c12. The fraction of sp³-hybridized carbons (Fsp3) is 0.269. The zero-order valence-electron chi connectivity index (χ0n) is 18.1. The van der Waals surface area contributed by atoms with E-state index in [0.717, 1.165) is 30.4 Å². The van der Waals surface area contributed by atoms with E-state index < -0.39 is 11.9 Å². The number of hydrogen-bond acceptors (Lipinski definition) is 4. The minimum Gasteiger partial charge on any atom is -0.391 e. The molecule has 0 aliphatic heterocycles. The number of carbonyl (C=O) groups is 1. The first-order chi connectivity index (χ1) is 16.1. The molecule has 1 aliphatic rings. The van der Waals surface area contributed by atoms with Crippen LogP contribution in [-0.4, -0.2) is 37.7 Å². The van der Waals surface area contributed by atoms with Gasteiger partial charge in [-0.05, 0) is 36.6 Å². The van der Waals surface area contributed by atoms with E-state index in [1.807, 2.05) is 34.9 Å². The first-order valence-corrected chi connectivity index (χ1v) is 11.2. The van der Waals surface area contributed by atoms with Gasteiger partial charge in [-0.3, -0.25) is 4.79 Å². The summed E-state index contributed by atoms with van der Waals surface area (Å²) in [5, 5.41) is 13.5. The summed E-state index contributed by atoms with van der Waals surface area (Å²) in [5.74, 6) is -0.134. The maximum absolute atomic E-state index is 14.8. The van der Waals surface area contributed by atoms with Crippen LogP contribution in [0.2, 0.25) is 0 Å². The third-order valence-electron chi connectivity index (χ3n) is 6.28. The molecule has 33 heavy (non-hydrogen) atoms. The summed E-state index contributed by atoms with van der Waals surface area (Å²) >= 11 is 0. The number of amides is 1. The molecule has 4 aromatic rings. The molecule has 2 N–H and O–H groups in total. The van der Waals surface area contributed by atoms with Gasteiger partial charge in [0.05, 0.1) is 23.2 Å². The molecule has 0 saturated heterocycles. The van der Waals surface area contributed by atoms with Gasteiger partial charge in [0.15, 0.2) is 5.82 Å². The van der Waals surface area contributed by atoms with Crippen molar-refractivity contribution >= 4 is 16.8 Å². The Bertz CT molecular complexity index is 1270. The maximum atomic E-state index is 14.8. The summed E-state index contributed by atoms with van der Waals surface area (Å²) in [6.45, 7) is 0.481. The lowest BCUT2D eigenvalue weighted by atomic mass is 9.92. The minimum absolute atomic E-state index is 0.287. The van der Waals surface area contributed by atoms with Gasteiger partial charge in [-0.1, -0.05) is 43.2 Å². The minimum atomic E-state index is -0.562. The van der Waals surface area contributed by atoms with E-state index in [0.29, 0.717) is 29.7 Å². The highest BCUT2D eigenvalue weighted by atomic mass is 19.1. The number of nitrogens with one attached hydrogen (secondary N) is 1. The number of aliphatic hydroxyl groups is 1. The van der Waals surface area contributed by atoms with Crippen molar-refractivity contribution in [3.05, 3.63) is 84.1 Å². The van der Waals surface area contributed by atoms with Crippen molar-refractivity contribution in [2.75, 3.05) is 0 Å². The first kappa shape index (κ1) is 21.3. The molecular weight excluding hydrogens is 419 g/mol. The highest BCUT2D eigenvalue weighted by Crippen LogP contribution is 2.27. The van der Waals surface area contributed by atoms with Crippen molar-refractivity contribution in [1.82, 2.24) is 19.9 Å². The molecule has 0 bridgehead atoms. The molecule has 168 valence electrons. The number of carbonyl (C=O) groups excluding carboxylic acids is 1. The summed E-state index contributed by atoms with van der Waals surface area (Å²) in [6, 6.07) is 14.2. The predicted molar refractivity (Wildman–Crippen MR) is 124 cm³/mol. The standard InChI is InChI=1S/C26H25FN4O2/c27-20-5-3-7-22-24(20)19(26(33)30-21-6-1-2-8-23(21)32)16-31(22)15-17-9-11-18(12-10-17)25-28-13-4-14-29-25/h3-5,7,9-14,16,21,23,32H,1-2,6,8,15H2,(H,30,33). The summed E-state index contributed by atoms with van der Waals surface area (Å²) < 4.78 is 16.7. The number of aliphatic hydroxyl groups excluding tert-OH is 1. The Balaban J connectivity index is 1.43. The Morgan fingerprint density at radius 1 is 1.06 bits per heavy atom. The lowest BCUT2D eigenvalue weighted by Crippen LogP contribution is -2.45. The molecule has 1 saturated carbocycles. The number of benzene rings is 2. The second-order valence-electron chi connectivity index (χ2n) is 8.51. The topological polar surface area (TPSA) is 80.0 Å². The van der Waals surface area contributed by atoms with Crippen molar-refractivity contribution in [3.8, 4) is 11.4 Å². The lowest BCUT2D eigenvalue weighted by molar-refractivity contribution is 0.0718. The van der Waals surface area contributed by atoms with Gasteiger partial charge < -0.3 is 15.0 Å². The number of hydrogen-bond donors (Lipinski definition) is 2. The van der Waals surface area contributed by atoms with Gasteiger partial charge in [-0.2, -0.15) is 0 Å². The zero-order chi connectivity index (χ0) is 22.8. The van der Waals surface area contributed by atoms with Gasteiger partial charge in [0, 0.05) is 36.1 Å². The van der Waals surface area contributed by atoms with Crippen LogP contribution in [0.5, 0.6) is 0 Å². The van der Waals surface area contributed by atoms with Crippen molar-refractivity contribution in [2.45, 2.75) is 44.4 Å². The quantitative estimate of drug-likeness (QED) is 0.481. The van der Waals surface area contributed by atoms with Gasteiger partial charge in [0.25, 0.3) is 5.91 Å². The predicted octanol–water partition coefficient (Wildman–Crippen LogP) is 4.32. The molecule has 1 amide bonds. The van der Waals surface area contributed by atoms with Gasteiger partial charge in [-0.25, -0.2) is 14.4 Å². The number of rotatable bonds is 5. The molecule has 2 atom stereocenters. The molecule has 2 unspecified atom stereocenters. The average molecular weight is 445 g/mol. The zero-order valence-corrected chi connectivity index (χ0v) is 18.1. The number of halogens is 1. The van der Waals surface area contributed by atoms with Crippen LogP contribution in [0.3, 0.4) is 0 Å². The molecule has 1 fully saturated rings. The normalized spacial score (nSPS) is 18.4. The van der Waals surface area contributed by atoms with Gasteiger partial charge in [-0.15, -0.1) is 0 Å². The molecule has 5 rings (SSSR count). The largest absolute Gasteiger partial charge is 0.391 e. The van der Waals surface area contributed by atoms with Crippen molar-refractivity contribution in [3.63, 3.8) is 0 Å². The van der Waals surface area contributed by atoms with E-state index in [-0.39, 0.29) is 17.5 Å². The van der Waals surface area contributed by atoms with E-state index in [2.05, 4.69) is 15.3 Å². The van der Waals surface area contributed by atoms with E-state index in [9.17, 15) is 14.3 Å². The van der Waals surface area contributed by atoms with Crippen LogP contribution in [0.4, 0.5) is 4.39 Å². The van der Waals surface area contributed by atoms with Gasteiger partial charge >= 0.3 is 0 Å². The van der Waals surface area contributed by atoms with Crippen LogP contribution in [0.1, 0.15) is 41.6 Å². The van der Waals surface area contributed by atoms with Crippen molar-refractivity contribution in [2.24, 2.45) is 0 Å². The Morgan fingerprint density at radius 2 is 1.82 bits per heavy atom. The summed E-state index contributed by atoms with van der Waals surface area (Å²) in [7, 11) is 0.